The molecule has 12 heteroatoms. The molecule has 12 heavy (non-hydrogen) atoms. The monoisotopic (exact) mass is 311 g/mol. The summed E-state index contributed by atoms with van der Waals surface area (Å²) in [5.41, 5.74) is 0. The Morgan fingerprint density at radius 1 is 1.42 bits per heavy atom. The minimum atomic E-state index is -5.10. The van der Waals surface area contributed by atoms with Crippen LogP contribution in [0.4, 0.5) is 0 Å². The molecule has 0 bridgehead atoms. The van der Waals surface area contributed by atoms with Crippen molar-refractivity contribution in [1.82, 2.24) is 0 Å². The molecule has 1 atom stereocenters. The maximum Gasteiger partial charge on any atom is 3.00 e. The van der Waals surface area contributed by atoms with Gasteiger partial charge in [0, 0.05) is 0 Å². The molecule has 8 nitrogen and oxygen atoms in total. The molecule has 0 fully saturated rings. The van der Waals surface area contributed by atoms with Crippen LogP contribution in [0.3, 0.4) is 0 Å². The third-order valence-corrected chi connectivity index (χ3v) is 0.658. The largest absolute Gasteiger partial charge is 3.00 e. The topological polar surface area (TPSA) is 150 Å². The van der Waals surface area contributed by atoms with Gasteiger partial charge in [-0.1, -0.05) is 0 Å². The van der Waals surface area contributed by atoms with Gasteiger partial charge >= 0.3 is 56.2 Å². The number of phosphoric acid groups is 1. The van der Waals surface area contributed by atoms with Gasteiger partial charge in [0.1, 0.15) is 0 Å². The van der Waals surface area contributed by atoms with Gasteiger partial charge in [0.15, 0.2) is 0 Å². The quantitative estimate of drug-likeness (QED) is 0.399. The Kier molecular flexibility index (Phi) is 16.6. The minimum Gasteiger partial charge on any atom is 3.00 e. The molecule has 1 unspecified atom stereocenters. The average molecular weight is 311 g/mol. The zero-order chi connectivity index (χ0) is 9.49. The summed E-state index contributed by atoms with van der Waals surface area (Å²) in [6.07, 6.45) is 0. The summed E-state index contributed by atoms with van der Waals surface area (Å²) < 4.78 is 29.2. The minimum absolute atomic E-state index is 0. The van der Waals surface area contributed by atoms with Crippen molar-refractivity contribution in [1.29, 1.82) is 0 Å². The Morgan fingerprint density at radius 3 is 1.67 bits per heavy atom. The molecule has 0 spiro atoms. The van der Waals surface area contributed by atoms with E-state index in [2.05, 4.69) is 4.44 Å². The number of hydrogen-bond acceptors (Lipinski definition) is 7. The zero-order valence-corrected chi connectivity index (χ0v) is 10.5. The molecule has 65 valence electrons. The van der Waals surface area contributed by atoms with Crippen LogP contribution in [0.2, 0.25) is 0 Å². The van der Waals surface area contributed by atoms with E-state index in [4.69, 9.17) is 12.2 Å². The molecule has 0 aromatic heterocycles. The Labute approximate surface area is 99.5 Å². The van der Waals surface area contributed by atoms with E-state index in [1.807, 2.05) is 0 Å². The van der Waals surface area contributed by atoms with Crippen molar-refractivity contribution < 1.29 is 85.1 Å². The molecule has 0 rings (SSSR count). The van der Waals surface area contributed by atoms with E-state index in [-0.39, 0.29) is 32.7 Å². The Morgan fingerprint density at radius 2 is 1.67 bits per heavy atom. The summed E-state index contributed by atoms with van der Waals surface area (Å²) in [5.74, 6) is 0. The van der Waals surface area contributed by atoms with Crippen LogP contribution < -0.4 is 14.9 Å². The van der Waals surface area contributed by atoms with Crippen LogP contribution in [-0.2, 0) is 65.2 Å². The standard InChI is InChI=1S/BH2O6P.2O.V.Y/c2-1(3)7-8(4,5)6;;;;/h(H2,4,5,6);;;;/q-2;;;;+3/p-1. The normalized spacial score (nSPS) is 12.3. The van der Waals surface area contributed by atoms with E-state index in [0.29, 0.717) is 0 Å². The van der Waals surface area contributed by atoms with E-state index in [1.165, 1.54) is 0 Å². The maximum absolute atomic E-state index is 9.40. The summed E-state index contributed by atoms with van der Waals surface area (Å²) in [7, 11) is -8.08. The predicted octanol–water partition coefficient (Wildman–Crippen LogP) is -4.07. The molecule has 0 aromatic carbocycles. The van der Waals surface area contributed by atoms with Crippen LogP contribution in [0.5, 0.6) is 0 Å². The van der Waals surface area contributed by atoms with Crippen LogP contribution in [0, 0.1) is 0 Å². The van der Waals surface area contributed by atoms with Crippen molar-refractivity contribution in [3.8, 4) is 0 Å². The van der Waals surface area contributed by atoms with E-state index in [9.17, 15) is 19.5 Å². The van der Waals surface area contributed by atoms with Crippen LogP contribution >= 0.6 is 7.82 Å². The van der Waals surface area contributed by atoms with Crippen LogP contribution in [0.15, 0.2) is 0 Å². The second kappa shape index (κ2) is 10.5. The second-order valence-electron chi connectivity index (χ2n) is 0.937. The fraction of sp³-hybridized carbons (Fsp3) is 0. The first kappa shape index (κ1) is 19.0. The Balaban J connectivity index is -0.000000177. The van der Waals surface area contributed by atoms with Crippen molar-refractivity contribution in [3.63, 3.8) is 0 Å². The Hall–Kier alpha value is 1.38. The summed E-state index contributed by atoms with van der Waals surface area (Å²) in [6.45, 7) is 0. The first-order valence-corrected chi connectivity index (χ1v) is 4.46. The number of hydrogen-bond donors (Lipinski definition) is 1. The van der Waals surface area contributed by atoms with Gasteiger partial charge in [-0.3, -0.25) is 4.57 Å². The molecule has 0 saturated heterocycles. The van der Waals surface area contributed by atoms with Gasteiger partial charge < -0.3 is 24.3 Å². The summed E-state index contributed by atoms with van der Waals surface area (Å²) in [5, 5.41) is 18.5. The summed E-state index contributed by atoms with van der Waals surface area (Å²) in [4.78, 5) is 17.0. The molecule has 0 aliphatic carbocycles. The second-order valence-corrected chi connectivity index (χ2v) is 2.32. The molecular formula is HBO8PVY. The zero-order valence-electron chi connectivity index (χ0n) is 5.35. The fourth-order valence-corrected chi connectivity index (χ4v) is 0.326. The SMILES string of the molecule is O=P([O-])(O)OB([O-])[O-].[O]=[V]=[O].[Y+3]. The molecule has 0 saturated carbocycles. The molecule has 0 radical (unpaired) electrons. The first-order chi connectivity index (χ1) is 4.83. The molecule has 0 aromatic rings. The molecule has 0 aliphatic rings. The van der Waals surface area contributed by atoms with Gasteiger partial charge in [-0.2, -0.15) is 0 Å². The smallest absolute Gasteiger partial charge is 3.00 e. The molecule has 0 amide bonds. The first-order valence-electron chi connectivity index (χ1n) is 1.82. The van der Waals surface area contributed by atoms with Crippen molar-refractivity contribution in [2.45, 2.75) is 0 Å². The fourth-order valence-electron chi connectivity index (χ4n) is 0.109. The van der Waals surface area contributed by atoms with Crippen LogP contribution in [-0.4, -0.2) is 12.2 Å². The van der Waals surface area contributed by atoms with Crippen molar-refractivity contribution in [3.05, 3.63) is 0 Å². The molecular weight excluding hydrogens is 310 g/mol. The molecule has 0 aliphatic heterocycles. The molecule has 0 heterocycles. The van der Waals surface area contributed by atoms with E-state index < -0.39 is 31.3 Å². The van der Waals surface area contributed by atoms with Gasteiger partial charge in [0.25, 0.3) is 0 Å². The van der Waals surface area contributed by atoms with Crippen LogP contribution in [0.25, 0.3) is 0 Å². The van der Waals surface area contributed by atoms with Gasteiger partial charge in [-0.25, -0.2) is 0 Å². The van der Waals surface area contributed by atoms with Gasteiger partial charge in [-0.15, -0.1) is 0 Å². The van der Waals surface area contributed by atoms with E-state index in [1.54, 1.807) is 0 Å². The molecule has 1 N–H and O–H groups in total. The van der Waals surface area contributed by atoms with E-state index >= 15 is 0 Å². The summed E-state index contributed by atoms with van der Waals surface area (Å²) >= 11 is -1.81. The van der Waals surface area contributed by atoms with Gasteiger partial charge in [-0.05, 0) is 0 Å². The Bertz CT molecular complexity index is 168. The third-order valence-electron chi connectivity index (χ3n) is 0.219. The predicted molar refractivity (Wildman–Crippen MR) is 18.0 cm³/mol. The van der Waals surface area contributed by atoms with Crippen molar-refractivity contribution in [2.75, 3.05) is 0 Å². The van der Waals surface area contributed by atoms with Crippen LogP contribution in [0.1, 0.15) is 0 Å². The van der Waals surface area contributed by atoms with Gasteiger partial charge in [0.2, 0.25) is 7.82 Å². The van der Waals surface area contributed by atoms with Crippen molar-refractivity contribution in [2.24, 2.45) is 0 Å². The maximum atomic E-state index is 9.40. The van der Waals surface area contributed by atoms with Crippen molar-refractivity contribution >= 4 is 15.1 Å². The number of rotatable bonds is 2. The third kappa shape index (κ3) is 30.1. The summed E-state index contributed by atoms with van der Waals surface area (Å²) in [6, 6.07) is 0. The average Bonchev–Trinajstić information content (AvgIpc) is 1.57. The van der Waals surface area contributed by atoms with E-state index in [0.717, 1.165) is 0 Å². The van der Waals surface area contributed by atoms with Gasteiger partial charge in [0.05, 0.1) is 7.32 Å².